The molecule has 110 valence electrons. The number of rotatable bonds is 4. The quantitative estimate of drug-likeness (QED) is 0.634. The number of aliphatic carboxylic acids is 1. The lowest BCUT2D eigenvalue weighted by atomic mass is 10.1. The number of thioether (sulfide) groups is 1. The van der Waals surface area contributed by atoms with Gasteiger partial charge in [-0.15, -0.1) is 0 Å². The normalized spacial score (nSPS) is 17.3. The molecular weight excluding hydrogens is 374 g/mol. The maximum Gasteiger partial charge on any atom is 0.305 e. The lowest BCUT2D eigenvalue weighted by molar-refractivity contribution is -0.137. The minimum absolute atomic E-state index is 0.108. The predicted octanol–water partition coefficient (Wildman–Crippen LogP) is 3.52. The van der Waals surface area contributed by atoms with Gasteiger partial charge in [-0.2, -0.15) is 0 Å². The maximum atomic E-state index is 12.4. The zero-order valence-electron chi connectivity index (χ0n) is 11.1. The Morgan fingerprint density at radius 1 is 1.38 bits per heavy atom. The van der Waals surface area contributed by atoms with E-state index < -0.39 is 5.97 Å². The van der Waals surface area contributed by atoms with Gasteiger partial charge in [0.2, 0.25) is 0 Å². The molecule has 1 aromatic rings. The van der Waals surface area contributed by atoms with E-state index in [1.165, 1.54) is 16.7 Å². The van der Waals surface area contributed by atoms with Gasteiger partial charge in [0.25, 0.3) is 5.91 Å². The van der Waals surface area contributed by atoms with Gasteiger partial charge in [-0.3, -0.25) is 14.5 Å². The topological polar surface area (TPSA) is 57.6 Å². The standard InChI is InChI=1S/C14H12BrNO3S2/c1-8(9-2-4-10(15)5-3-9)12-13(19)16(14(20)21-12)7-6-11(17)18/h2-5H,6-7H2,1H3,(H,17,18)/b12-8+. The van der Waals surface area contributed by atoms with Gasteiger partial charge < -0.3 is 5.11 Å². The monoisotopic (exact) mass is 385 g/mol. The Hall–Kier alpha value is -1.18. The van der Waals surface area contributed by atoms with Crippen molar-refractivity contribution in [1.29, 1.82) is 0 Å². The number of carboxylic acid groups (broad SMARTS) is 1. The molecule has 1 aliphatic heterocycles. The molecule has 0 unspecified atom stereocenters. The molecule has 1 N–H and O–H groups in total. The number of allylic oxidation sites excluding steroid dienone is 1. The molecule has 0 saturated carbocycles. The van der Waals surface area contributed by atoms with E-state index in [1.807, 2.05) is 31.2 Å². The first-order valence-electron chi connectivity index (χ1n) is 6.12. The zero-order chi connectivity index (χ0) is 15.6. The van der Waals surface area contributed by atoms with Crippen LogP contribution in [0.2, 0.25) is 0 Å². The van der Waals surface area contributed by atoms with Gasteiger partial charge in [0.15, 0.2) is 0 Å². The Kier molecular flexibility index (Phi) is 5.18. The molecule has 0 aromatic heterocycles. The van der Waals surface area contributed by atoms with E-state index in [2.05, 4.69) is 15.9 Å². The minimum atomic E-state index is -0.947. The Morgan fingerprint density at radius 2 is 2.00 bits per heavy atom. The third kappa shape index (κ3) is 3.72. The van der Waals surface area contributed by atoms with E-state index in [1.54, 1.807) is 0 Å². The molecule has 1 amide bonds. The summed E-state index contributed by atoms with van der Waals surface area (Å²) in [5.41, 5.74) is 1.79. The first-order chi connectivity index (χ1) is 9.90. The number of amides is 1. The smallest absolute Gasteiger partial charge is 0.305 e. The average molecular weight is 386 g/mol. The average Bonchev–Trinajstić information content (AvgIpc) is 2.72. The molecule has 7 heteroatoms. The van der Waals surface area contributed by atoms with Crippen LogP contribution >= 0.6 is 39.9 Å². The predicted molar refractivity (Wildman–Crippen MR) is 90.9 cm³/mol. The molecular formula is C14H12BrNO3S2. The Labute approximate surface area is 140 Å². The lowest BCUT2D eigenvalue weighted by Crippen LogP contribution is -2.30. The molecule has 0 aliphatic carbocycles. The highest BCUT2D eigenvalue weighted by Crippen LogP contribution is 2.36. The van der Waals surface area contributed by atoms with Gasteiger partial charge in [0, 0.05) is 11.0 Å². The van der Waals surface area contributed by atoms with Gasteiger partial charge in [-0.1, -0.05) is 52.0 Å². The zero-order valence-corrected chi connectivity index (χ0v) is 14.3. The van der Waals surface area contributed by atoms with Crippen LogP contribution in [-0.4, -0.2) is 32.7 Å². The van der Waals surface area contributed by atoms with Crippen molar-refractivity contribution >= 4 is 61.7 Å². The van der Waals surface area contributed by atoms with Gasteiger partial charge in [0.05, 0.1) is 11.3 Å². The fourth-order valence-electron chi connectivity index (χ4n) is 1.86. The maximum absolute atomic E-state index is 12.4. The van der Waals surface area contributed by atoms with Crippen molar-refractivity contribution in [3.8, 4) is 0 Å². The summed E-state index contributed by atoms with van der Waals surface area (Å²) in [6.45, 7) is 1.98. The van der Waals surface area contributed by atoms with Crippen LogP contribution in [0.5, 0.6) is 0 Å². The van der Waals surface area contributed by atoms with Crippen molar-refractivity contribution in [2.24, 2.45) is 0 Å². The van der Waals surface area contributed by atoms with Crippen molar-refractivity contribution in [1.82, 2.24) is 4.90 Å². The molecule has 1 heterocycles. The first kappa shape index (κ1) is 16.2. The second-order valence-electron chi connectivity index (χ2n) is 4.43. The van der Waals surface area contributed by atoms with E-state index in [4.69, 9.17) is 17.3 Å². The van der Waals surface area contributed by atoms with Crippen LogP contribution in [0.15, 0.2) is 33.6 Å². The number of carbonyl (C=O) groups excluding carboxylic acids is 1. The highest BCUT2D eigenvalue weighted by molar-refractivity contribution is 9.10. The van der Waals surface area contributed by atoms with Crippen molar-refractivity contribution in [3.63, 3.8) is 0 Å². The molecule has 21 heavy (non-hydrogen) atoms. The number of halogens is 1. The molecule has 0 spiro atoms. The summed E-state index contributed by atoms with van der Waals surface area (Å²) in [5.74, 6) is -1.16. The Bertz CT molecular complexity index is 640. The molecule has 1 saturated heterocycles. The number of hydrogen-bond donors (Lipinski definition) is 1. The third-order valence-corrected chi connectivity index (χ3v) is 5.10. The number of carboxylic acids is 1. The van der Waals surface area contributed by atoms with Crippen molar-refractivity contribution in [3.05, 3.63) is 39.2 Å². The summed E-state index contributed by atoms with van der Waals surface area (Å²) in [7, 11) is 0. The second-order valence-corrected chi connectivity index (χ2v) is 6.99. The van der Waals surface area contributed by atoms with E-state index >= 15 is 0 Å². The van der Waals surface area contributed by atoms with Gasteiger partial charge >= 0.3 is 5.97 Å². The van der Waals surface area contributed by atoms with Crippen LogP contribution in [-0.2, 0) is 9.59 Å². The summed E-state index contributed by atoms with van der Waals surface area (Å²) in [5, 5.41) is 8.72. The summed E-state index contributed by atoms with van der Waals surface area (Å²) >= 11 is 9.76. The number of nitrogens with zero attached hydrogens (tertiary/aromatic N) is 1. The fraction of sp³-hybridized carbons (Fsp3) is 0.214. The van der Waals surface area contributed by atoms with Crippen LogP contribution in [0.1, 0.15) is 18.9 Å². The molecule has 4 nitrogen and oxygen atoms in total. The molecule has 1 aromatic carbocycles. The first-order valence-corrected chi connectivity index (χ1v) is 8.14. The second kappa shape index (κ2) is 6.72. The van der Waals surface area contributed by atoms with Crippen molar-refractivity contribution < 1.29 is 14.7 Å². The summed E-state index contributed by atoms with van der Waals surface area (Å²) < 4.78 is 1.38. The molecule has 0 atom stereocenters. The van der Waals surface area contributed by atoms with Gasteiger partial charge in [-0.25, -0.2) is 0 Å². The van der Waals surface area contributed by atoms with Gasteiger partial charge in [-0.05, 0) is 30.2 Å². The van der Waals surface area contributed by atoms with Crippen LogP contribution in [0.3, 0.4) is 0 Å². The molecule has 0 bridgehead atoms. The summed E-state index contributed by atoms with van der Waals surface area (Å²) in [6.07, 6.45) is -0.114. The Morgan fingerprint density at radius 3 is 2.57 bits per heavy atom. The van der Waals surface area contributed by atoms with Crippen LogP contribution in [0.25, 0.3) is 5.57 Å². The Balaban J connectivity index is 2.26. The molecule has 0 radical (unpaired) electrons. The van der Waals surface area contributed by atoms with Gasteiger partial charge in [0.1, 0.15) is 4.32 Å². The van der Waals surface area contributed by atoms with E-state index in [-0.39, 0.29) is 18.9 Å². The van der Waals surface area contributed by atoms with E-state index in [0.717, 1.165) is 15.6 Å². The van der Waals surface area contributed by atoms with E-state index in [0.29, 0.717) is 9.23 Å². The highest BCUT2D eigenvalue weighted by Gasteiger charge is 2.33. The van der Waals surface area contributed by atoms with E-state index in [9.17, 15) is 9.59 Å². The van der Waals surface area contributed by atoms with Crippen molar-refractivity contribution in [2.45, 2.75) is 13.3 Å². The minimum Gasteiger partial charge on any atom is -0.481 e. The molecule has 1 fully saturated rings. The fourth-order valence-corrected chi connectivity index (χ4v) is 3.48. The largest absolute Gasteiger partial charge is 0.481 e. The highest BCUT2D eigenvalue weighted by atomic mass is 79.9. The number of thiocarbonyl (C=S) groups is 1. The van der Waals surface area contributed by atoms with Crippen LogP contribution in [0, 0.1) is 0 Å². The number of hydrogen-bond acceptors (Lipinski definition) is 4. The molecule has 2 rings (SSSR count). The van der Waals surface area contributed by atoms with Crippen LogP contribution in [0.4, 0.5) is 0 Å². The third-order valence-electron chi connectivity index (χ3n) is 3.02. The number of benzene rings is 1. The summed E-state index contributed by atoms with van der Waals surface area (Å²) in [4.78, 5) is 24.9. The lowest BCUT2D eigenvalue weighted by Gasteiger charge is -2.12. The van der Waals surface area contributed by atoms with Crippen LogP contribution < -0.4 is 0 Å². The number of carbonyl (C=O) groups is 2. The summed E-state index contributed by atoms with van der Waals surface area (Å²) in [6, 6.07) is 7.65. The molecule has 1 aliphatic rings. The van der Waals surface area contributed by atoms with Crippen molar-refractivity contribution in [2.75, 3.05) is 6.54 Å². The SMILES string of the molecule is C/C(=C1\SC(=S)N(CCC(=O)O)C1=O)c1ccc(Br)cc1.